The van der Waals surface area contributed by atoms with Gasteiger partial charge in [0.05, 0.1) is 22.9 Å². The Labute approximate surface area is 203 Å². The van der Waals surface area contributed by atoms with Crippen molar-refractivity contribution in [3.8, 4) is 0 Å². The molecule has 0 aromatic carbocycles. The van der Waals surface area contributed by atoms with Gasteiger partial charge in [0.25, 0.3) is 5.56 Å². The first kappa shape index (κ1) is 23.1. The summed E-state index contributed by atoms with van der Waals surface area (Å²) in [7, 11) is 0. The fourth-order valence-electron chi connectivity index (χ4n) is 4.86. The maximum Gasteiger partial charge on any atom is 0.407 e. The van der Waals surface area contributed by atoms with Crippen molar-refractivity contribution in [1.29, 1.82) is 0 Å². The Hall–Kier alpha value is -3.66. The number of hydrogen-bond donors (Lipinski definition) is 3. The number of carbonyl (C=O) groups is 1. The van der Waals surface area contributed by atoms with Crippen LogP contribution in [-0.2, 0) is 13.0 Å². The highest BCUT2D eigenvalue weighted by Gasteiger charge is 2.26. The van der Waals surface area contributed by atoms with E-state index in [4.69, 9.17) is 5.11 Å². The smallest absolute Gasteiger partial charge is 0.407 e. The van der Waals surface area contributed by atoms with Crippen LogP contribution < -0.4 is 15.8 Å². The van der Waals surface area contributed by atoms with E-state index in [-0.39, 0.29) is 11.6 Å². The van der Waals surface area contributed by atoms with E-state index in [1.165, 1.54) is 4.90 Å². The quantitative estimate of drug-likeness (QED) is 0.495. The third kappa shape index (κ3) is 5.22. The lowest BCUT2D eigenvalue weighted by atomic mass is 10.1. The third-order valence-corrected chi connectivity index (χ3v) is 6.91. The highest BCUT2D eigenvalue weighted by atomic mass is 16.4. The number of hydrogen-bond acceptors (Lipinski definition) is 7. The highest BCUT2D eigenvalue weighted by Crippen LogP contribution is 2.20. The number of anilines is 2. The first-order valence-corrected chi connectivity index (χ1v) is 12.2. The molecule has 0 aliphatic carbocycles. The second-order valence-electron chi connectivity index (χ2n) is 9.28. The van der Waals surface area contributed by atoms with Crippen LogP contribution in [0.5, 0.6) is 0 Å². The van der Waals surface area contributed by atoms with Crippen molar-refractivity contribution in [1.82, 2.24) is 24.8 Å². The van der Waals surface area contributed by atoms with E-state index in [9.17, 15) is 9.59 Å². The van der Waals surface area contributed by atoms with Crippen LogP contribution in [0.25, 0.3) is 11.0 Å². The van der Waals surface area contributed by atoms with Gasteiger partial charge in [-0.15, -0.1) is 0 Å². The normalized spacial score (nSPS) is 18.8. The minimum Gasteiger partial charge on any atom is -0.465 e. The molecule has 1 amide bonds. The number of nitrogens with zero attached hydrogens (tertiary/aromatic N) is 5. The third-order valence-electron chi connectivity index (χ3n) is 6.91. The summed E-state index contributed by atoms with van der Waals surface area (Å²) in [5.74, 6) is 0.775. The van der Waals surface area contributed by atoms with Crippen LogP contribution in [-0.4, -0.2) is 81.3 Å². The lowest BCUT2D eigenvalue weighted by Gasteiger charge is -2.36. The number of fused-ring (bicyclic) bond motifs is 1. The van der Waals surface area contributed by atoms with Crippen LogP contribution in [0.1, 0.15) is 24.5 Å². The van der Waals surface area contributed by atoms with Gasteiger partial charge in [0.2, 0.25) is 0 Å². The van der Waals surface area contributed by atoms with Crippen molar-refractivity contribution in [3.63, 3.8) is 0 Å². The lowest BCUT2D eigenvalue weighted by molar-refractivity contribution is 0.155. The largest absolute Gasteiger partial charge is 0.465 e. The molecule has 0 radical (unpaired) electrons. The first-order chi connectivity index (χ1) is 17.0. The molecule has 0 spiro atoms. The zero-order chi connectivity index (χ0) is 24.4. The molecule has 3 aromatic heterocycles. The Morgan fingerprint density at radius 1 is 1.14 bits per heavy atom. The SMILES string of the molecule is CCc1cc2ncc(CN3CCN(c4ccc(N[C@H]5CCN(C(=O)O)C5)nc4)CC3)cc2[nH]c1=O. The fourth-order valence-corrected chi connectivity index (χ4v) is 4.86. The molecule has 2 fully saturated rings. The van der Waals surface area contributed by atoms with Gasteiger partial charge in [-0.25, -0.2) is 9.78 Å². The van der Waals surface area contributed by atoms with Gasteiger partial charge in [-0.1, -0.05) is 6.92 Å². The molecule has 5 heterocycles. The van der Waals surface area contributed by atoms with Crippen LogP contribution in [0.15, 0.2) is 41.5 Å². The van der Waals surface area contributed by atoms with Gasteiger partial charge in [0, 0.05) is 63.6 Å². The minimum atomic E-state index is -0.867. The van der Waals surface area contributed by atoms with Crippen molar-refractivity contribution < 1.29 is 9.90 Å². The molecule has 0 unspecified atom stereocenters. The number of piperazine rings is 1. The molecule has 0 saturated carbocycles. The maximum absolute atomic E-state index is 12.1. The van der Waals surface area contributed by atoms with Crippen LogP contribution >= 0.6 is 0 Å². The summed E-state index contributed by atoms with van der Waals surface area (Å²) in [6.45, 7) is 7.48. The molecular formula is C25H31N7O3. The predicted octanol–water partition coefficient (Wildman–Crippen LogP) is 2.37. The summed E-state index contributed by atoms with van der Waals surface area (Å²) in [5, 5.41) is 12.4. The topological polar surface area (TPSA) is 118 Å². The minimum absolute atomic E-state index is 0.0344. The molecular weight excluding hydrogens is 446 g/mol. The number of rotatable bonds is 6. The van der Waals surface area contributed by atoms with E-state index in [1.54, 1.807) is 0 Å². The second kappa shape index (κ2) is 9.91. The van der Waals surface area contributed by atoms with Crippen LogP contribution in [0.4, 0.5) is 16.3 Å². The van der Waals surface area contributed by atoms with Crippen molar-refractivity contribution in [2.45, 2.75) is 32.4 Å². The Morgan fingerprint density at radius 3 is 2.66 bits per heavy atom. The average Bonchev–Trinajstić information content (AvgIpc) is 3.33. The van der Waals surface area contributed by atoms with Crippen molar-refractivity contribution >= 4 is 28.6 Å². The Balaban J connectivity index is 1.14. The summed E-state index contributed by atoms with van der Waals surface area (Å²) in [6, 6.07) is 8.05. The molecule has 3 aromatic rings. The molecule has 2 aliphatic rings. The number of aryl methyl sites for hydroxylation is 1. The number of carboxylic acid groups (broad SMARTS) is 1. The highest BCUT2D eigenvalue weighted by molar-refractivity contribution is 5.74. The molecule has 2 aliphatic heterocycles. The molecule has 184 valence electrons. The second-order valence-corrected chi connectivity index (χ2v) is 9.28. The lowest BCUT2D eigenvalue weighted by Crippen LogP contribution is -2.46. The standard InChI is InChI=1S/C25H31N7O3/c1-2-18-12-21-22(29-24(18)33)11-17(13-26-21)15-30-7-9-31(10-8-30)20-3-4-23(27-14-20)28-19-5-6-32(16-19)25(34)35/h3-4,11-14,19H,2,5-10,15-16H2,1H3,(H,27,28)(H,29,33)(H,34,35)/t19-/m0/s1. The zero-order valence-electron chi connectivity index (χ0n) is 19.9. The molecule has 10 nitrogen and oxygen atoms in total. The molecule has 10 heteroatoms. The molecule has 2 saturated heterocycles. The average molecular weight is 478 g/mol. The van der Waals surface area contributed by atoms with E-state index in [0.29, 0.717) is 19.5 Å². The number of H-pyrrole nitrogens is 1. The van der Waals surface area contributed by atoms with Crippen molar-refractivity contribution in [2.75, 3.05) is 49.5 Å². The number of amides is 1. The maximum atomic E-state index is 12.1. The molecule has 5 rings (SSSR count). The van der Waals surface area contributed by atoms with Gasteiger partial charge in [0.15, 0.2) is 0 Å². The number of nitrogens with one attached hydrogen (secondary N) is 2. The van der Waals surface area contributed by atoms with E-state index >= 15 is 0 Å². The Kier molecular flexibility index (Phi) is 6.54. The van der Waals surface area contributed by atoms with Crippen LogP contribution in [0.2, 0.25) is 0 Å². The van der Waals surface area contributed by atoms with Crippen LogP contribution in [0, 0.1) is 0 Å². The predicted molar refractivity (Wildman–Crippen MR) is 135 cm³/mol. The summed E-state index contributed by atoms with van der Waals surface area (Å²) >= 11 is 0. The zero-order valence-corrected chi connectivity index (χ0v) is 19.9. The number of aromatic nitrogens is 3. The number of likely N-dealkylation sites (tertiary alicyclic amines) is 1. The van der Waals surface area contributed by atoms with Gasteiger partial charge >= 0.3 is 6.09 Å². The Morgan fingerprint density at radius 2 is 1.97 bits per heavy atom. The van der Waals surface area contributed by atoms with E-state index in [0.717, 1.165) is 72.8 Å². The van der Waals surface area contributed by atoms with Gasteiger partial charge in [0.1, 0.15) is 5.82 Å². The van der Waals surface area contributed by atoms with Gasteiger partial charge in [-0.2, -0.15) is 0 Å². The van der Waals surface area contributed by atoms with Gasteiger partial charge < -0.3 is 25.2 Å². The molecule has 35 heavy (non-hydrogen) atoms. The number of pyridine rings is 3. The molecule has 0 bridgehead atoms. The summed E-state index contributed by atoms with van der Waals surface area (Å²) < 4.78 is 0. The van der Waals surface area contributed by atoms with Crippen LogP contribution in [0.3, 0.4) is 0 Å². The van der Waals surface area contributed by atoms with E-state index in [2.05, 4.69) is 36.1 Å². The monoisotopic (exact) mass is 477 g/mol. The van der Waals surface area contributed by atoms with Crippen molar-refractivity contribution in [3.05, 3.63) is 58.1 Å². The summed E-state index contributed by atoms with van der Waals surface area (Å²) in [6.07, 6.45) is 4.41. The first-order valence-electron chi connectivity index (χ1n) is 12.2. The molecule has 1 atom stereocenters. The molecule has 3 N–H and O–H groups in total. The number of aromatic amines is 1. The fraction of sp³-hybridized carbons (Fsp3) is 0.440. The van der Waals surface area contributed by atoms with E-state index in [1.807, 2.05) is 37.5 Å². The Bertz CT molecular complexity index is 1250. The van der Waals surface area contributed by atoms with Crippen molar-refractivity contribution in [2.24, 2.45) is 0 Å². The van der Waals surface area contributed by atoms with Gasteiger partial charge in [-0.3, -0.25) is 14.7 Å². The summed E-state index contributed by atoms with van der Waals surface area (Å²) in [5.41, 5.74) is 4.52. The summed E-state index contributed by atoms with van der Waals surface area (Å²) in [4.78, 5) is 41.5. The van der Waals surface area contributed by atoms with E-state index < -0.39 is 6.09 Å². The van der Waals surface area contributed by atoms with Gasteiger partial charge in [-0.05, 0) is 42.7 Å².